The van der Waals surface area contributed by atoms with Crippen molar-refractivity contribution in [1.29, 1.82) is 0 Å². The van der Waals surface area contributed by atoms with Crippen LogP contribution in [0, 0.1) is 29.6 Å². The summed E-state index contributed by atoms with van der Waals surface area (Å²) in [6.45, 7) is 14.9. The Kier molecular flexibility index (Phi) is 14.4. The van der Waals surface area contributed by atoms with Crippen molar-refractivity contribution in [3.05, 3.63) is 12.2 Å². The van der Waals surface area contributed by atoms with Gasteiger partial charge in [-0.3, -0.25) is 14.4 Å². The molecule has 2 spiro atoms. The van der Waals surface area contributed by atoms with E-state index >= 15 is 0 Å². The highest BCUT2D eigenvalue weighted by molar-refractivity contribution is 5.84. The molecule has 13 heteroatoms. The van der Waals surface area contributed by atoms with Crippen molar-refractivity contribution in [3.63, 3.8) is 0 Å². The van der Waals surface area contributed by atoms with Gasteiger partial charge < -0.3 is 49.1 Å². The Morgan fingerprint density at radius 3 is 2.24 bits per heavy atom. The maximum absolute atomic E-state index is 14.4. The van der Waals surface area contributed by atoms with Crippen LogP contribution in [0.1, 0.15) is 126 Å². The molecule has 0 aromatic heterocycles. The van der Waals surface area contributed by atoms with Gasteiger partial charge in [0.15, 0.2) is 11.9 Å². The highest BCUT2D eigenvalue weighted by Crippen LogP contribution is 2.52. The van der Waals surface area contributed by atoms with Crippen LogP contribution < -0.4 is 5.73 Å². The molecule has 17 atom stereocenters. The zero-order valence-corrected chi connectivity index (χ0v) is 34.6. The Bertz CT molecular complexity index is 1380. The number of aliphatic hydroxyl groups is 2. The van der Waals surface area contributed by atoms with Gasteiger partial charge >= 0.3 is 11.9 Å². The summed E-state index contributed by atoms with van der Waals surface area (Å²) in [7, 11) is 1.37. The van der Waals surface area contributed by atoms with E-state index in [0.29, 0.717) is 64.2 Å². The van der Waals surface area contributed by atoms with E-state index in [-0.39, 0.29) is 48.0 Å². The monoisotopic (exact) mass is 779 g/mol. The number of ether oxygens (including phenoxy) is 7. The second kappa shape index (κ2) is 17.9. The van der Waals surface area contributed by atoms with E-state index in [4.69, 9.17) is 38.9 Å². The fourth-order valence-corrected chi connectivity index (χ4v) is 10.0. The topological polar surface area (TPSA) is 182 Å². The van der Waals surface area contributed by atoms with Gasteiger partial charge in [0.05, 0.1) is 67.4 Å². The van der Waals surface area contributed by atoms with Crippen LogP contribution in [0.15, 0.2) is 12.2 Å². The summed E-state index contributed by atoms with van der Waals surface area (Å²) in [6.07, 6.45) is 5.78. The first-order chi connectivity index (χ1) is 26.0. The Morgan fingerprint density at radius 1 is 0.945 bits per heavy atom. The summed E-state index contributed by atoms with van der Waals surface area (Å²) in [5.74, 6) is -5.56. The minimum Gasteiger partial charge on any atom is -0.469 e. The van der Waals surface area contributed by atoms with Crippen molar-refractivity contribution in [3.8, 4) is 0 Å². The number of esters is 2. The van der Waals surface area contributed by atoms with E-state index in [9.17, 15) is 24.6 Å². The molecule has 13 nitrogen and oxygen atoms in total. The zero-order valence-electron chi connectivity index (χ0n) is 34.6. The first-order valence-corrected chi connectivity index (χ1v) is 21.0. The third-order valence-electron chi connectivity index (χ3n) is 13.7. The van der Waals surface area contributed by atoms with Crippen LogP contribution in [0.3, 0.4) is 0 Å². The average Bonchev–Trinajstić information content (AvgIpc) is 3.59. The third-order valence-corrected chi connectivity index (χ3v) is 13.7. The molecule has 0 radical (unpaired) electrons. The minimum atomic E-state index is -1.35. The maximum Gasteiger partial charge on any atom is 0.311 e. The van der Waals surface area contributed by atoms with Crippen molar-refractivity contribution in [2.75, 3.05) is 7.11 Å². The molecule has 0 aliphatic carbocycles. The number of Topliss-reactive ketones (excluding diaryl/α,β-unsaturated/α-hetero) is 1. The Morgan fingerprint density at radius 2 is 1.62 bits per heavy atom. The number of methoxy groups -OCH3 is 1. The molecule has 4 N–H and O–H groups in total. The van der Waals surface area contributed by atoms with Gasteiger partial charge in [-0.2, -0.15) is 0 Å². The molecule has 5 rings (SSSR count). The number of carbonyl (C=O) groups is 3. The summed E-state index contributed by atoms with van der Waals surface area (Å²) in [4.78, 5) is 39.2. The van der Waals surface area contributed by atoms with Crippen LogP contribution in [0.4, 0.5) is 0 Å². The van der Waals surface area contributed by atoms with E-state index in [0.717, 1.165) is 6.42 Å². The van der Waals surface area contributed by atoms with Gasteiger partial charge in [0.1, 0.15) is 5.78 Å². The number of hydrogen-bond acceptors (Lipinski definition) is 13. The number of carbonyl (C=O) groups excluding carboxylic acids is 3. The van der Waals surface area contributed by atoms with Gasteiger partial charge in [-0.1, -0.05) is 41.5 Å². The SMILES string of the molecule is CCC(C(=O)OC)C1CCCC(C(N)C(O)C(C)C(=O)C(CC)C2OC3(C=CC(OC(C)=O)C4(CCC(C5CCC(O)(CC)C(C)O5)O4)O3)C(C)CC2C)O1. The molecule has 0 saturated carbocycles. The number of ketones is 1. The molecule has 5 heterocycles. The highest BCUT2D eigenvalue weighted by atomic mass is 16.8. The smallest absolute Gasteiger partial charge is 0.311 e. The first kappa shape index (κ1) is 44.1. The van der Waals surface area contributed by atoms with Gasteiger partial charge in [-0.25, -0.2) is 0 Å². The average molecular weight is 780 g/mol. The largest absolute Gasteiger partial charge is 0.469 e. The van der Waals surface area contributed by atoms with Crippen molar-refractivity contribution in [1.82, 2.24) is 0 Å². The van der Waals surface area contributed by atoms with Gasteiger partial charge in [0.25, 0.3) is 0 Å². The fraction of sp³-hybridized carbons (Fsp3) is 0.881. The molecule has 5 aliphatic heterocycles. The maximum atomic E-state index is 14.4. The normalized spacial score (nSPS) is 42.0. The number of nitrogens with two attached hydrogens (primary N) is 1. The zero-order chi connectivity index (χ0) is 40.5. The quantitative estimate of drug-likeness (QED) is 0.170. The summed E-state index contributed by atoms with van der Waals surface area (Å²) < 4.78 is 44.2. The summed E-state index contributed by atoms with van der Waals surface area (Å²) >= 11 is 0. The Labute approximate surface area is 327 Å². The molecule has 0 aromatic carbocycles. The van der Waals surface area contributed by atoms with E-state index in [1.807, 2.05) is 33.8 Å². The predicted molar refractivity (Wildman–Crippen MR) is 202 cm³/mol. The van der Waals surface area contributed by atoms with Gasteiger partial charge in [-0.05, 0) is 89.2 Å². The van der Waals surface area contributed by atoms with Crippen molar-refractivity contribution < 1.29 is 57.8 Å². The summed E-state index contributed by atoms with van der Waals surface area (Å²) in [5.41, 5.74) is 5.76. The standard InChI is InChI=1S/C42H69NO12/c1-10-28(39(47)49-9)30-14-13-15-33(52-30)35(43)37(46)25(6)36(45)29(11-2)38-23(4)22-24(5)41(54-38)21-18-34(51-27(8)44)42(55-41)20-17-32(53-42)31-16-19-40(48,12-3)26(7)50-31/h18,21,23-26,28-35,37-38,46,48H,10-17,19-20,22,43H2,1-9H3. The minimum absolute atomic E-state index is 0.0231. The first-order valence-electron chi connectivity index (χ1n) is 21.0. The molecule has 4 saturated heterocycles. The number of hydrogen-bond donors (Lipinski definition) is 3. The van der Waals surface area contributed by atoms with Gasteiger partial charge in [-0.15, -0.1) is 0 Å². The van der Waals surface area contributed by atoms with E-state index in [1.165, 1.54) is 14.0 Å². The van der Waals surface area contributed by atoms with Crippen LogP contribution in [-0.2, 0) is 47.5 Å². The van der Waals surface area contributed by atoms with Gasteiger partial charge in [0.2, 0.25) is 5.79 Å². The van der Waals surface area contributed by atoms with E-state index in [2.05, 4.69) is 13.8 Å². The van der Waals surface area contributed by atoms with Crippen LogP contribution in [-0.4, -0.2) is 107 Å². The van der Waals surface area contributed by atoms with Crippen molar-refractivity contribution in [2.45, 2.75) is 198 Å². The van der Waals surface area contributed by atoms with Crippen LogP contribution >= 0.6 is 0 Å². The lowest BCUT2D eigenvalue weighted by atomic mass is 9.73. The molecule has 0 bridgehead atoms. The Balaban J connectivity index is 1.32. The molecular formula is C42H69NO12. The highest BCUT2D eigenvalue weighted by Gasteiger charge is 2.61. The van der Waals surface area contributed by atoms with E-state index in [1.54, 1.807) is 13.0 Å². The fourth-order valence-electron chi connectivity index (χ4n) is 10.0. The Hall–Kier alpha value is -1.97. The van der Waals surface area contributed by atoms with Gasteiger partial charge in [0, 0.05) is 31.1 Å². The summed E-state index contributed by atoms with van der Waals surface area (Å²) in [6, 6.07) is -0.840. The molecule has 55 heavy (non-hydrogen) atoms. The van der Waals surface area contributed by atoms with E-state index < -0.39 is 71.4 Å². The lowest BCUT2D eigenvalue weighted by Gasteiger charge is -2.54. The third kappa shape index (κ3) is 8.89. The number of aliphatic hydroxyl groups excluding tert-OH is 1. The van der Waals surface area contributed by atoms with Crippen LogP contribution in [0.5, 0.6) is 0 Å². The lowest BCUT2D eigenvalue weighted by Crippen LogP contribution is -2.63. The molecule has 0 aromatic rings. The lowest BCUT2D eigenvalue weighted by molar-refractivity contribution is -0.401. The molecular weight excluding hydrogens is 710 g/mol. The van der Waals surface area contributed by atoms with Crippen molar-refractivity contribution in [2.24, 2.45) is 35.3 Å². The van der Waals surface area contributed by atoms with Crippen LogP contribution in [0.2, 0.25) is 0 Å². The predicted octanol–water partition coefficient (Wildman–Crippen LogP) is 4.90. The second-order valence-corrected chi connectivity index (χ2v) is 17.2. The molecule has 314 valence electrons. The molecule has 4 fully saturated rings. The van der Waals surface area contributed by atoms with Crippen LogP contribution in [0.25, 0.3) is 0 Å². The second-order valence-electron chi connectivity index (χ2n) is 17.2. The number of rotatable bonds is 13. The van der Waals surface area contributed by atoms with Crippen molar-refractivity contribution >= 4 is 17.7 Å². The summed E-state index contributed by atoms with van der Waals surface area (Å²) in [5, 5.41) is 22.6. The molecule has 5 aliphatic rings. The molecule has 0 amide bonds. The molecule has 17 unspecified atom stereocenters.